The Balaban J connectivity index is 2.05. The Labute approximate surface area is 140 Å². The van der Waals surface area contributed by atoms with Crippen LogP contribution in [0.1, 0.15) is 20.3 Å². The van der Waals surface area contributed by atoms with E-state index in [9.17, 15) is 14.4 Å². The highest BCUT2D eigenvalue weighted by molar-refractivity contribution is 6.00. The number of nitrogens with one attached hydrogen (secondary N) is 1. The van der Waals surface area contributed by atoms with Crippen LogP contribution in [-0.4, -0.2) is 42.6 Å². The third kappa shape index (κ3) is 3.84. The summed E-state index contributed by atoms with van der Waals surface area (Å²) in [4.78, 5) is 37.2. The number of carbonyl (C=O) groups excluding carboxylic acids is 2. The van der Waals surface area contributed by atoms with E-state index in [-0.39, 0.29) is 24.8 Å². The number of methoxy groups -OCH3 is 1. The summed E-state index contributed by atoms with van der Waals surface area (Å²) in [7, 11) is 1.56. The molecule has 0 aromatic heterocycles. The van der Waals surface area contributed by atoms with Crippen LogP contribution in [0.5, 0.6) is 5.75 Å². The van der Waals surface area contributed by atoms with Crippen molar-refractivity contribution in [3.63, 3.8) is 0 Å². The third-order valence-corrected chi connectivity index (χ3v) is 4.11. The number of hydrogen-bond donors (Lipinski definition) is 2. The number of anilines is 1. The first kappa shape index (κ1) is 17.8. The molecule has 0 spiro atoms. The van der Waals surface area contributed by atoms with Gasteiger partial charge in [0.1, 0.15) is 11.8 Å². The summed E-state index contributed by atoms with van der Waals surface area (Å²) in [6.07, 6.45) is 0.0717. The topological polar surface area (TPSA) is 95.9 Å². The Bertz CT molecular complexity index is 626. The highest BCUT2D eigenvalue weighted by Gasteiger charge is 2.37. The van der Waals surface area contributed by atoms with E-state index in [0.717, 1.165) is 0 Å². The summed E-state index contributed by atoms with van der Waals surface area (Å²) < 4.78 is 5.08. The van der Waals surface area contributed by atoms with Gasteiger partial charge in [0, 0.05) is 18.7 Å². The molecular formula is C17H22N2O5. The van der Waals surface area contributed by atoms with Crippen LogP contribution in [-0.2, 0) is 14.4 Å². The molecule has 2 N–H and O–H groups in total. The molecule has 7 nitrogen and oxygen atoms in total. The van der Waals surface area contributed by atoms with E-state index in [2.05, 4.69) is 5.32 Å². The lowest BCUT2D eigenvalue weighted by atomic mass is 10.0. The van der Waals surface area contributed by atoms with Gasteiger partial charge in [-0.1, -0.05) is 13.8 Å². The van der Waals surface area contributed by atoms with Crippen LogP contribution in [0.25, 0.3) is 0 Å². The average Bonchev–Trinajstić information content (AvgIpc) is 2.93. The van der Waals surface area contributed by atoms with Gasteiger partial charge in [-0.25, -0.2) is 4.79 Å². The Morgan fingerprint density at radius 1 is 1.29 bits per heavy atom. The molecule has 1 aromatic rings. The molecule has 0 aliphatic carbocycles. The maximum absolute atomic E-state index is 12.3. The van der Waals surface area contributed by atoms with Gasteiger partial charge < -0.3 is 20.1 Å². The Morgan fingerprint density at radius 3 is 2.42 bits per heavy atom. The van der Waals surface area contributed by atoms with Crippen LogP contribution in [0.15, 0.2) is 24.3 Å². The highest BCUT2D eigenvalue weighted by atomic mass is 16.5. The molecule has 7 heteroatoms. The summed E-state index contributed by atoms with van der Waals surface area (Å²) in [5, 5.41) is 11.7. The summed E-state index contributed by atoms with van der Waals surface area (Å²) in [5.74, 6) is -1.74. The van der Waals surface area contributed by atoms with E-state index in [0.29, 0.717) is 11.4 Å². The lowest BCUT2D eigenvalue weighted by Gasteiger charge is -2.20. The molecule has 0 bridgehead atoms. The van der Waals surface area contributed by atoms with E-state index >= 15 is 0 Å². The van der Waals surface area contributed by atoms with Gasteiger partial charge in [0.2, 0.25) is 11.8 Å². The SMILES string of the molecule is COc1ccc(N2CC(C(=O)N[C@@H](C(=O)O)C(C)C)CC2=O)cc1. The summed E-state index contributed by atoms with van der Waals surface area (Å²) in [5.41, 5.74) is 0.690. The molecule has 1 heterocycles. The number of carboxylic acid groups (broad SMARTS) is 1. The number of hydrogen-bond acceptors (Lipinski definition) is 4. The molecule has 2 rings (SSSR count). The van der Waals surface area contributed by atoms with Gasteiger partial charge >= 0.3 is 5.97 Å². The Kier molecular flexibility index (Phi) is 5.43. The number of aliphatic carboxylic acids is 1. The first-order valence-electron chi connectivity index (χ1n) is 7.81. The molecule has 2 amide bonds. The predicted molar refractivity (Wildman–Crippen MR) is 87.9 cm³/mol. The molecule has 1 saturated heterocycles. The van der Waals surface area contributed by atoms with Crippen molar-refractivity contribution in [2.45, 2.75) is 26.3 Å². The van der Waals surface area contributed by atoms with Crippen molar-refractivity contribution in [1.82, 2.24) is 5.32 Å². The van der Waals surface area contributed by atoms with Gasteiger partial charge in [-0.3, -0.25) is 9.59 Å². The van der Waals surface area contributed by atoms with Gasteiger partial charge in [0.15, 0.2) is 0 Å². The minimum Gasteiger partial charge on any atom is -0.497 e. The molecule has 1 fully saturated rings. The lowest BCUT2D eigenvalue weighted by molar-refractivity contribution is -0.143. The summed E-state index contributed by atoms with van der Waals surface area (Å²) in [6.45, 7) is 3.69. The van der Waals surface area contributed by atoms with Crippen molar-refractivity contribution < 1.29 is 24.2 Å². The predicted octanol–water partition coefficient (Wildman–Crippen LogP) is 1.27. The van der Waals surface area contributed by atoms with Crippen molar-refractivity contribution in [3.8, 4) is 5.75 Å². The quantitative estimate of drug-likeness (QED) is 0.817. The van der Waals surface area contributed by atoms with Gasteiger partial charge in [-0.15, -0.1) is 0 Å². The second-order valence-corrected chi connectivity index (χ2v) is 6.17. The maximum atomic E-state index is 12.3. The number of ether oxygens (including phenoxy) is 1. The normalized spacial score (nSPS) is 18.6. The number of rotatable bonds is 6. The van der Waals surface area contributed by atoms with E-state index in [1.165, 1.54) is 4.90 Å². The number of carbonyl (C=O) groups is 3. The van der Waals surface area contributed by atoms with E-state index in [1.54, 1.807) is 45.2 Å². The zero-order valence-corrected chi connectivity index (χ0v) is 14.0. The molecule has 2 atom stereocenters. The molecule has 1 unspecified atom stereocenters. The van der Waals surface area contributed by atoms with Crippen LogP contribution in [0, 0.1) is 11.8 Å². The van der Waals surface area contributed by atoms with Crippen LogP contribution in [0.3, 0.4) is 0 Å². The van der Waals surface area contributed by atoms with Gasteiger partial charge in [-0.2, -0.15) is 0 Å². The second-order valence-electron chi connectivity index (χ2n) is 6.17. The van der Waals surface area contributed by atoms with Gasteiger partial charge in [0.05, 0.1) is 13.0 Å². The summed E-state index contributed by atoms with van der Waals surface area (Å²) >= 11 is 0. The molecule has 130 valence electrons. The zero-order valence-electron chi connectivity index (χ0n) is 14.0. The van der Waals surface area contributed by atoms with Crippen LogP contribution < -0.4 is 15.0 Å². The fourth-order valence-corrected chi connectivity index (χ4v) is 2.68. The largest absolute Gasteiger partial charge is 0.497 e. The van der Waals surface area contributed by atoms with Crippen molar-refractivity contribution in [2.75, 3.05) is 18.6 Å². The van der Waals surface area contributed by atoms with Gasteiger partial charge in [0.25, 0.3) is 0 Å². The minimum atomic E-state index is -1.07. The number of nitrogens with zero attached hydrogens (tertiary/aromatic N) is 1. The highest BCUT2D eigenvalue weighted by Crippen LogP contribution is 2.27. The van der Waals surface area contributed by atoms with E-state index in [1.807, 2.05) is 0 Å². The third-order valence-electron chi connectivity index (χ3n) is 4.11. The zero-order chi connectivity index (χ0) is 17.9. The fraction of sp³-hybridized carbons (Fsp3) is 0.471. The molecule has 24 heavy (non-hydrogen) atoms. The van der Waals surface area contributed by atoms with Crippen molar-refractivity contribution in [1.29, 1.82) is 0 Å². The first-order valence-corrected chi connectivity index (χ1v) is 7.81. The van der Waals surface area contributed by atoms with E-state index < -0.39 is 23.8 Å². The second kappa shape index (κ2) is 7.33. The smallest absolute Gasteiger partial charge is 0.326 e. The summed E-state index contributed by atoms with van der Waals surface area (Å²) in [6, 6.07) is 6.04. The molecule has 0 saturated carbocycles. The molecule has 0 radical (unpaired) electrons. The Hall–Kier alpha value is -2.57. The standard InChI is InChI=1S/C17H22N2O5/c1-10(2)15(17(22)23)18-16(21)11-8-14(20)19(9-11)12-4-6-13(24-3)7-5-12/h4-7,10-11,15H,8-9H2,1-3H3,(H,18,21)(H,22,23)/t11?,15-/m1/s1. The molecule has 1 aliphatic rings. The van der Waals surface area contributed by atoms with Crippen LogP contribution in [0.2, 0.25) is 0 Å². The average molecular weight is 334 g/mol. The molecular weight excluding hydrogens is 312 g/mol. The van der Waals surface area contributed by atoms with Crippen molar-refractivity contribution in [3.05, 3.63) is 24.3 Å². The van der Waals surface area contributed by atoms with Crippen LogP contribution in [0.4, 0.5) is 5.69 Å². The number of amides is 2. The molecule has 1 aliphatic heterocycles. The Morgan fingerprint density at radius 2 is 1.92 bits per heavy atom. The van der Waals surface area contributed by atoms with Crippen molar-refractivity contribution in [2.24, 2.45) is 11.8 Å². The number of benzene rings is 1. The van der Waals surface area contributed by atoms with E-state index in [4.69, 9.17) is 9.84 Å². The van der Waals surface area contributed by atoms with Crippen LogP contribution >= 0.6 is 0 Å². The monoisotopic (exact) mass is 334 g/mol. The molecule has 1 aromatic carbocycles. The fourth-order valence-electron chi connectivity index (χ4n) is 2.68. The first-order chi connectivity index (χ1) is 11.3. The van der Waals surface area contributed by atoms with Gasteiger partial charge in [-0.05, 0) is 30.2 Å². The van der Waals surface area contributed by atoms with Crippen molar-refractivity contribution >= 4 is 23.5 Å². The maximum Gasteiger partial charge on any atom is 0.326 e. The minimum absolute atomic E-state index is 0.0717. The number of carboxylic acids is 1. The lowest BCUT2D eigenvalue weighted by Crippen LogP contribution is -2.47.